The van der Waals surface area contributed by atoms with Crippen LogP contribution in [0.1, 0.15) is 0 Å². The van der Waals surface area contributed by atoms with Crippen molar-refractivity contribution in [3.05, 3.63) is 224 Å². The molecule has 0 amide bonds. The maximum absolute atomic E-state index is 14.5. The highest BCUT2D eigenvalue weighted by Crippen LogP contribution is 2.39. The molecule has 0 aliphatic carbocycles. The lowest BCUT2D eigenvalue weighted by Crippen LogP contribution is -2.01. The molecule has 5 nitrogen and oxygen atoms in total. The Morgan fingerprint density at radius 2 is 0.677 bits per heavy atom. The van der Waals surface area contributed by atoms with Crippen molar-refractivity contribution < 1.29 is 8.78 Å². The SMILES string of the molecule is Fc1ccc2c(c1)c1cc(F)ccc1n2-c1ccc(-c2cc(-c3cc(-n4c5ccccc5c5ccccc54)cc(-n4c5ccccc5c5ccccc54)c3)nc(-c3ccccc3)n2)cc1. The molecule has 0 spiro atoms. The lowest BCUT2D eigenvalue weighted by molar-refractivity contribution is 0.628. The molecule has 0 atom stereocenters. The van der Waals surface area contributed by atoms with E-state index in [4.69, 9.17) is 9.97 Å². The van der Waals surface area contributed by atoms with Gasteiger partial charge in [-0.2, -0.15) is 0 Å². The molecular weight excluding hydrogens is 805 g/mol. The summed E-state index contributed by atoms with van der Waals surface area (Å²) < 4.78 is 35.9. The third-order valence-electron chi connectivity index (χ3n) is 12.7. The van der Waals surface area contributed by atoms with Crippen LogP contribution in [0.25, 0.3) is 116 Å². The van der Waals surface area contributed by atoms with Gasteiger partial charge in [-0.3, -0.25) is 0 Å². The van der Waals surface area contributed by atoms with Crippen LogP contribution in [-0.4, -0.2) is 23.7 Å². The predicted octanol–water partition coefficient (Wildman–Crippen LogP) is 15.0. The number of rotatable bonds is 6. The molecule has 0 saturated carbocycles. The molecule has 0 N–H and O–H groups in total. The second kappa shape index (κ2) is 14.4. The van der Waals surface area contributed by atoms with Crippen molar-refractivity contribution in [3.63, 3.8) is 0 Å². The number of para-hydroxylation sites is 4. The zero-order valence-corrected chi connectivity index (χ0v) is 34.7. The lowest BCUT2D eigenvalue weighted by atomic mass is 10.0. The molecule has 0 saturated heterocycles. The van der Waals surface area contributed by atoms with Crippen molar-refractivity contribution in [2.24, 2.45) is 0 Å². The van der Waals surface area contributed by atoms with Crippen molar-refractivity contribution in [1.29, 1.82) is 0 Å². The second-order valence-corrected chi connectivity index (χ2v) is 16.5. The number of hydrogen-bond acceptors (Lipinski definition) is 2. The fraction of sp³-hybridized carbons (Fsp3) is 0. The Morgan fingerprint density at radius 3 is 1.15 bits per heavy atom. The molecule has 7 heteroatoms. The van der Waals surface area contributed by atoms with E-state index in [1.54, 1.807) is 12.1 Å². The van der Waals surface area contributed by atoms with E-state index in [1.165, 1.54) is 45.8 Å². The van der Waals surface area contributed by atoms with Gasteiger partial charge in [0.05, 0.1) is 44.5 Å². The summed E-state index contributed by atoms with van der Waals surface area (Å²) in [4.78, 5) is 10.5. The molecule has 9 aromatic carbocycles. The van der Waals surface area contributed by atoms with Crippen LogP contribution >= 0.6 is 0 Å². The van der Waals surface area contributed by atoms with Crippen LogP contribution in [0.2, 0.25) is 0 Å². The van der Waals surface area contributed by atoms with E-state index < -0.39 is 0 Å². The summed E-state index contributed by atoms with van der Waals surface area (Å²) in [6.45, 7) is 0. The van der Waals surface area contributed by atoms with Crippen molar-refractivity contribution in [1.82, 2.24) is 23.7 Å². The van der Waals surface area contributed by atoms with Crippen molar-refractivity contribution >= 4 is 65.4 Å². The highest BCUT2D eigenvalue weighted by molar-refractivity contribution is 6.11. The van der Waals surface area contributed by atoms with Gasteiger partial charge in [0, 0.05) is 66.1 Å². The first-order chi connectivity index (χ1) is 32.0. The Morgan fingerprint density at radius 1 is 0.277 bits per heavy atom. The first kappa shape index (κ1) is 36.9. The van der Waals surface area contributed by atoms with Crippen molar-refractivity contribution in [3.8, 4) is 51.0 Å². The molecule has 4 heterocycles. The third kappa shape index (κ3) is 5.90. The quantitative estimate of drug-likeness (QED) is 0.167. The van der Waals surface area contributed by atoms with E-state index in [2.05, 4.69) is 143 Å². The van der Waals surface area contributed by atoms with Gasteiger partial charge in [0.1, 0.15) is 11.6 Å². The number of nitrogens with zero attached hydrogens (tertiary/aromatic N) is 5. The van der Waals surface area contributed by atoms with Gasteiger partial charge < -0.3 is 13.7 Å². The van der Waals surface area contributed by atoms with E-state index >= 15 is 0 Å². The molecule has 0 unspecified atom stereocenters. The molecule has 0 radical (unpaired) electrons. The number of fused-ring (bicyclic) bond motifs is 9. The fourth-order valence-electron chi connectivity index (χ4n) is 9.89. The highest BCUT2D eigenvalue weighted by atomic mass is 19.1. The Kier molecular flexibility index (Phi) is 8.20. The summed E-state index contributed by atoms with van der Waals surface area (Å²) >= 11 is 0. The molecule has 4 aromatic heterocycles. The summed E-state index contributed by atoms with van der Waals surface area (Å²) in [5, 5.41) is 6.05. The molecular formula is C58H35F2N5. The number of halogens is 2. The van der Waals surface area contributed by atoms with Gasteiger partial charge in [-0.05, 0) is 97.1 Å². The first-order valence-electron chi connectivity index (χ1n) is 21.6. The molecule has 0 fully saturated rings. The summed E-state index contributed by atoms with van der Waals surface area (Å²) in [5.41, 5.74) is 13.2. The standard InChI is InChI=1S/C58H35F2N5/c59-39-24-28-56-48(32-39)49-33-40(60)25-29-57(49)63(56)41-26-22-36(23-27-41)50-35-51(62-58(61-50)37-12-2-1-3-13-37)38-30-42(64-52-18-8-4-14-44(52)45-15-5-9-19-53(45)64)34-43(31-38)65-54-20-10-6-16-46(54)47-17-7-11-21-55(47)65/h1-35H. The van der Waals surface area contributed by atoms with E-state index in [9.17, 15) is 8.78 Å². The van der Waals surface area contributed by atoms with E-state index in [-0.39, 0.29) is 11.6 Å². The topological polar surface area (TPSA) is 40.6 Å². The monoisotopic (exact) mass is 839 g/mol. The zero-order valence-electron chi connectivity index (χ0n) is 34.7. The minimum Gasteiger partial charge on any atom is -0.309 e. The maximum Gasteiger partial charge on any atom is 0.160 e. The zero-order chi connectivity index (χ0) is 43.2. The van der Waals surface area contributed by atoms with E-state index in [0.29, 0.717) is 16.6 Å². The van der Waals surface area contributed by atoms with Crippen LogP contribution in [0, 0.1) is 11.6 Å². The molecule has 65 heavy (non-hydrogen) atoms. The molecule has 13 rings (SSSR count). The first-order valence-corrected chi connectivity index (χ1v) is 21.6. The predicted molar refractivity (Wildman–Crippen MR) is 261 cm³/mol. The summed E-state index contributed by atoms with van der Waals surface area (Å²) in [7, 11) is 0. The number of aromatic nitrogens is 5. The largest absolute Gasteiger partial charge is 0.309 e. The molecule has 0 aliphatic rings. The highest BCUT2D eigenvalue weighted by Gasteiger charge is 2.20. The van der Waals surface area contributed by atoms with Gasteiger partial charge >= 0.3 is 0 Å². The van der Waals surface area contributed by atoms with E-state index in [1.807, 2.05) is 47.0 Å². The molecule has 0 bridgehead atoms. The third-order valence-corrected chi connectivity index (χ3v) is 12.7. The summed E-state index contributed by atoms with van der Waals surface area (Å²) in [6.07, 6.45) is 0. The normalized spacial score (nSPS) is 11.8. The van der Waals surface area contributed by atoms with Crippen LogP contribution in [0.15, 0.2) is 212 Å². The van der Waals surface area contributed by atoms with Gasteiger partial charge in [0.2, 0.25) is 0 Å². The molecule has 0 aliphatic heterocycles. The van der Waals surface area contributed by atoms with Crippen molar-refractivity contribution in [2.75, 3.05) is 0 Å². The van der Waals surface area contributed by atoms with Gasteiger partial charge in [0.15, 0.2) is 5.82 Å². The van der Waals surface area contributed by atoms with Gasteiger partial charge in [-0.25, -0.2) is 18.7 Å². The Labute approximate surface area is 371 Å². The van der Waals surface area contributed by atoms with Crippen LogP contribution in [-0.2, 0) is 0 Å². The van der Waals surface area contributed by atoms with Crippen LogP contribution in [0.3, 0.4) is 0 Å². The smallest absolute Gasteiger partial charge is 0.160 e. The van der Waals surface area contributed by atoms with Crippen LogP contribution in [0.4, 0.5) is 8.78 Å². The van der Waals surface area contributed by atoms with Gasteiger partial charge in [-0.15, -0.1) is 0 Å². The number of hydrogen-bond donors (Lipinski definition) is 0. The summed E-state index contributed by atoms with van der Waals surface area (Å²) in [6, 6.07) is 70.8. The number of benzene rings is 9. The Bertz CT molecular complexity index is 3730. The van der Waals surface area contributed by atoms with Crippen LogP contribution in [0.5, 0.6) is 0 Å². The Hall–Kier alpha value is -8.68. The average Bonchev–Trinajstić information content (AvgIpc) is 3.99. The molecule has 13 aromatic rings. The van der Waals surface area contributed by atoms with Gasteiger partial charge in [0.25, 0.3) is 0 Å². The van der Waals surface area contributed by atoms with E-state index in [0.717, 1.165) is 78.2 Å². The molecule has 306 valence electrons. The van der Waals surface area contributed by atoms with Crippen molar-refractivity contribution in [2.45, 2.75) is 0 Å². The van der Waals surface area contributed by atoms with Gasteiger partial charge in [-0.1, -0.05) is 115 Å². The lowest BCUT2D eigenvalue weighted by Gasteiger charge is -2.16. The van der Waals surface area contributed by atoms with Crippen LogP contribution < -0.4 is 0 Å². The summed E-state index contributed by atoms with van der Waals surface area (Å²) in [5.74, 6) is -0.130. The Balaban J connectivity index is 1.04. The maximum atomic E-state index is 14.5. The second-order valence-electron chi connectivity index (χ2n) is 16.5. The minimum atomic E-state index is -0.368. The fourth-order valence-corrected chi connectivity index (χ4v) is 9.89. The average molecular weight is 840 g/mol. The minimum absolute atomic E-state index is 0.368.